The van der Waals surface area contributed by atoms with E-state index < -0.39 is 56.8 Å². The molecule has 1 aliphatic rings. The first-order valence-corrected chi connectivity index (χ1v) is 14.4. The average molecular weight is 587 g/mol. The van der Waals surface area contributed by atoms with Gasteiger partial charge in [-0.05, 0) is 37.6 Å². The van der Waals surface area contributed by atoms with Crippen LogP contribution in [0, 0.1) is 6.92 Å². The number of rotatable bonds is 12. The molecule has 0 radical (unpaired) electrons. The zero-order valence-electron chi connectivity index (χ0n) is 22.5. The summed E-state index contributed by atoms with van der Waals surface area (Å²) in [6.07, 6.45) is -2.17. The number of aliphatic hydroxyl groups is 2. The molecule has 3 aromatic rings. The van der Waals surface area contributed by atoms with Crippen molar-refractivity contribution in [3.8, 4) is 5.75 Å². The topological polar surface area (TPSA) is 171 Å². The predicted molar refractivity (Wildman–Crippen MR) is 145 cm³/mol. The van der Waals surface area contributed by atoms with E-state index in [0.29, 0.717) is 0 Å². The number of aromatic nitrogens is 1. The van der Waals surface area contributed by atoms with Crippen LogP contribution >= 0.6 is 7.75 Å². The standard InChI is InChI=1S/C28H32N3O9P/c1-18-10-12-22(13-11-18)40-41(36,30-19(2)28(35)37-16-20-7-4-3-5-8-20)38-17-23-24(32)25(33)27(39-23)31-14-6-9-21(15-31)26(29)34/h3-15,19,23-25,27,32-33H,16-17H2,1-2H3,(H2-,29,30,34,36)/p+1/t19-,23?,24?,25?,27?,41?/m0/s1. The minimum absolute atomic E-state index is 0.0195. The lowest BCUT2D eigenvalue weighted by Crippen LogP contribution is -2.46. The molecule has 2 heterocycles. The molecule has 5 N–H and O–H groups in total. The van der Waals surface area contributed by atoms with Crippen LogP contribution < -0.4 is 19.9 Å². The molecule has 218 valence electrons. The van der Waals surface area contributed by atoms with Crippen molar-refractivity contribution in [1.29, 1.82) is 0 Å². The number of carbonyl (C=O) groups excluding carboxylic acids is 2. The van der Waals surface area contributed by atoms with E-state index in [1.807, 2.05) is 25.1 Å². The number of carbonyl (C=O) groups is 2. The van der Waals surface area contributed by atoms with Gasteiger partial charge in [0.2, 0.25) is 0 Å². The maximum atomic E-state index is 13.9. The Labute approximate surface area is 237 Å². The summed E-state index contributed by atoms with van der Waals surface area (Å²) in [5.74, 6) is -1.16. The van der Waals surface area contributed by atoms with E-state index in [1.165, 1.54) is 36.0 Å². The predicted octanol–water partition coefficient (Wildman–Crippen LogP) is 1.93. The molecule has 12 nitrogen and oxygen atoms in total. The number of nitrogens with two attached hydrogens (primary N) is 1. The fourth-order valence-corrected chi connectivity index (χ4v) is 5.56. The second-order valence-corrected chi connectivity index (χ2v) is 11.3. The normalized spacial score (nSPS) is 22.4. The van der Waals surface area contributed by atoms with Gasteiger partial charge in [0.25, 0.3) is 12.1 Å². The second-order valence-electron chi connectivity index (χ2n) is 9.59. The van der Waals surface area contributed by atoms with Crippen molar-refractivity contribution >= 4 is 19.6 Å². The number of benzene rings is 2. The fraction of sp³-hybridized carbons (Fsp3) is 0.321. The molecule has 1 fully saturated rings. The van der Waals surface area contributed by atoms with E-state index in [-0.39, 0.29) is 17.9 Å². The molecule has 5 unspecified atom stereocenters. The van der Waals surface area contributed by atoms with E-state index in [2.05, 4.69) is 5.09 Å². The van der Waals surface area contributed by atoms with Crippen molar-refractivity contribution in [3.63, 3.8) is 0 Å². The van der Waals surface area contributed by atoms with Crippen LogP contribution in [-0.4, -0.2) is 53.1 Å². The van der Waals surface area contributed by atoms with Gasteiger partial charge in [0.15, 0.2) is 18.5 Å². The van der Waals surface area contributed by atoms with Crippen LogP contribution in [0.2, 0.25) is 0 Å². The molecule has 0 spiro atoms. The molecule has 1 aliphatic heterocycles. The fourth-order valence-electron chi connectivity index (χ4n) is 4.05. The molecule has 41 heavy (non-hydrogen) atoms. The summed E-state index contributed by atoms with van der Waals surface area (Å²) < 4.78 is 37.7. The van der Waals surface area contributed by atoms with Crippen molar-refractivity contribution in [3.05, 3.63) is 95.8 Å². The number of aliphatic hydroxyl groups excluding tert-OH is 2. The Morgan fingerprint density at radius 1 is 1.07 bits per heavy atom. The Morgan fingerprint density at radius 2 is 1.78 bits per heavy atom. The number of primary amides is 1. The first kappa shape index (κ1) is 30.3. The van der Waals surface area contributed by atoms with Gasteiger partial charge in [0.05, 0.1) is 6.61 Å². The highest BCUT2D eigenvalue weighted by molar-refractivity contribution is 7.52. The van der Waals surface area contributed by atoms with Gasteiger partial charge in [-0.25, -0.2) is 4.57 Å². The van der Waals surface area contributed by atoms with E-state index in [0.717, 1.165) is 11.1 Å². The number of nitrogens with zero attached hydrogens (tertiary/aromatic N) is 1. The molecular formula is C28H33N3O9P+. The van der Waals surface area contributed by atoms with Crippen molar-refractivity contribution in [2.45, 2.75) is 51.0 Å². The van der Waals surface area contributed by atoms with Crippen molar-refractivity contribution in [2.24, 2.45) is 5.73 Å². The molecule has 2 aromatic carbocycles. The van der Waals surface area contributed by atoms with Gasteiger partial charge < -0.3 is 29.9 Å². The zero-order chi connectivity index (χ0) is 29.6. The van der Waals surface area contributed by atoms with Gasteiger partial charge in [-0.15, -0.1) is 0 Å². The Kier molecular flexibility index (Phi) is 9.87. The molecule has 13 heteroatoms. The second kappa shape index (κ2) is 13.3. The van der Waals surface area contributed by atoms with Gasteiger partial charge in [0, 0.05) is 6.07 Å². The summed E-state index contributed by atoms with van der Waals surface area (Å²) >= 11 is 0. The third kappa shape index (κ3) is 7.98. The summed E-state index contributed by atoms with van der Waals surface area (Å²) in [4.78, 5) is 24.2. The third-order valence-electron chi connectivity index (χ3n) is 6.32. The van der Waals surface area contributed by atoms with Crippen LogP contribution in [0.5, 0.6) is 5.75 Å². The van der Waals surface area contributed by atoms with E-state index in [9.17, 15) is 24.4 Å². The van der Waals surface area contributed by atoms with Gasteiger partial charge in [-0.1, -0.05) is 48.0 Å². The number of pyridine rings is 1. The van der Waals surface area contributed by atoms with E-state index in [4.69, 9.17) is 24.3 Å². The van der Waals surface area contributed by atoms with Gasteiger partial charge in [0.1, 0.15) is 36.2 Å². The summed E-state index contributed by atoms with van der Waals surface area (Å²) in [5.41, 5.74) is 7.23. The molecule has 1 aromatic heterocycles. The highest BCUT2D eigenvalue weighted by Crippen LogP contribution is 2.46. The molecular weight excluding hydrogens is 553 g/mol. The number of esters is 1. The minimum Gasteiger partial charge on any atom is -0.460 e. The van der Waals surface area contributed by atoms with Crippen LogP contribution in [0.1, 0.15) is 34.6 Å². The van der Waals surface area contributed by atoms with E-state index >= 15 is 0 Å². The lowest BCUT2D eigenvalue weighted by Gasteiger charge is -2.24. The van der Waals surface area contributed by atoms with Crippen LogP contribution in [-0.2, 0) is 30.0 Å². The number of aryl methyl sites for hydroxylation is 1. The Bertz CT molecular complexity index is 1390. The third-order valence-corrected chi connectivity index (χ3v) is 7.97. The SMILES string of the molecule is Cc1ccc(OP(=O)(N[C@@H](C)C(=O)OCc2ccccc2)OCC2OC([n+]3cccc(C(N)=O)c3)C(O)C2O)cc1. The van der Waals surface area contributed by atoms with Crippen LogP contribution in [0.25, 0.3) is 0 Å². The minimum atomic E-state index is -4.26. The zero-order valence-corrected chi connectivity index (χ0v) is 23.4. The summed E-state index contributed by atoms with van der Waals surface area (Å²) in [5, 5.41) is 23.9. The maximum Gasteiger partial charge on any atom is 0.459 e. The van der Waals surface area contributed by atoms with Gasteiger partial charge in [-0.3, -0.25) is 14.1 Å². The van der Waals surface area contributed by atoms with Gasteiger partial charge >= 0.3 is 13.7 Å². The smallest absolute Gasteiger partial charge is 0.459 e. The highest BCUT2D eigenvalue weighted by atomic mass is 31.2. The Balaban J connectivity index is 1.45. The van der Waals surface area contributed by atoms with Crippen LogP contribution in [0.15, 0.2) is 79.1 Å². The van der Waals surface area contributed by atoms with Crippen LogP contribution in [0.4, 0.5) is 0 Å². The first-order valence-electron chi connectivity index (χ1n) is 12.9. The quantitative estimate of drug-likeness (QED) is 0.140. The average Bonchev–Trinajstić information content (AvgIpc) is 3.25. The number of hydrogen-bond donors (Lipinski definition) is 4. The monoisotopic (exact) mass is 586 g/mol. The molecule has 4 rings (SSSR count). The lowest BCUT2D eigenvalue weighted by molar-refractivity contribution is -0.765. The number of nitrogens with one attached hydrogen (secondary N) is 1. The highest BCUT2D eigenvalue weighted by Gasteiger charge is 2.49. The number of hydrogen-bond acceptors (Lipinski definition) is 9. The lowest BCUT2D eigenvalue weighted by atomic mass is 10.1. The summed E-state index contributed by atoms with van der Waals surface area (Å²) in [6.45, 7) is 2.87. The Morgan fingerprint density at radius 3 is 2.46 bits per heavy atom. The maximum absolute atomic E-state index is 13.9. The van der Waals surface area contributed by atoms with Gasteiger partial charge in [-0.2, -0.15) is 9.65 Å². The number of ether oxygens (including phenoxy) is 2. The molecule has 0 bridgehead atoms. The van der Waals surface area contributed by atoms with Crippen molar-refractivity contribution < 1.29 is 47.5 Å². The molecule has 6 atom stereocenters. The Hall–Kier alpha value is -3.64. The molecule has 0 saturated carbocycles. The van der Waals surface area contributed by atoms with Crippen LogP contribution in [0.3, 0.4) is 0 Å². The number of amides is 1. The molecule has 1 saturated heterocycles. The van der Waals surface area contributed by atoms with E-state index in [1.54, 1.807) is 36.4 Å². The van der Waals surface area contributed by atoms with Crippen molar-refractivity contribution in [2.75, 3.05) is 6.61 Å². The molecule has 1 amide bonds. The largest absolute Gasteiger partial charge is 0.460 e. The summed E-state index contributed by atoms with van der Waals surface area (Å²) in [7, 11) is -4.26. The molecule has 0 aliphatic carbocycles. The first-order chi connectivity index (χ1) is 19.5. The van der Waals surface area contributed by atoms with Crippen molar-refractivity contribution in [1.82, 2.24) is 5.09 Å². The summed E-state index contributed by atoms with van der Waals surface area (Å²) in [6, 6.07) is 17.7.